The van der Waals surface area contributed by atoms with Crippen LogP contribution in [0, 0.1) is 5.82 Å². The molecule has 1 atom stereocenters. The Hall–Kier alpha value is -0.840. The molecule has 0 saturated heterocycles. The highest BCUT2D eigenvalue weighted by molar-refractivity contribution is 7.98. The molecule has 1 aliphatic heterocycles. The van der Waals surface area contributed by atoms with Gasteiger partial charge in [0.15, 0.2) is 0 Å². The quantitative estimate of drug-likeness (QED) is 0.851. The first-order chi connectivity index (χ1) is 10.3. The monoisotopic (exact) mass is 321 g/mol. The molecule has 112 valence electrons. The summed E-state index contributed by atoms with van der Waals surface area (Å²) in [5.74, 6) is 2.18. The van der Waals surface area contributed by atoms with E-state index in [0.29, 0.717) is 0 Å². The first-order valence-corrected chi connectivity index (χ1v) is 9.43. The van der Waals surface area contributed by atoms with Gasteiger partial charge in [-0.2, -0.15) is 11.8 Å². The number of rotatable bonds is 5. The van der Waals surface area contributed by atoms with Gasteiger partial charge >= 0.3 is 0 Å². The molecule has 4 heteroatoms. The molecular weight excluding hydrogens is 301 g/mol. The highest BCUT2D eigenvalue weighted by Crippen LogP contribution is 2.36. The Labute approximate surface area is 134 Å². The largest absolute Gasteiger partial charge is 0.306 e. The van der Waals surface area contributed by atoms with Crippen molar-refractivity contribution in [2.45, 2.75) is 31.6 Å². The van der Waals surface area contributed by atoms with Gasteiger partial charge in [0.2, 0.25) is 0 Å². The van der Waals surface area contributed by atoms with Crippen LogP contribution in [0.3, 0.4) is 0 Å². The summed E-state index contributed by atoms with van der Waals surface area (Å²) in [7, 11) is 0. The summed E-state index contributed by atoms with van der Waals surface area (Å²) in [6.07, 6.45) is 2.25. The van der Waals surface area contributed by atoms with Crippen molar-refractivity contribution in [2.24, 2.45) is 0 Å². The smallest absolute Gasteiger partial charge is 0.123 e. The number of halogens is 1. The van der Waals surface area contributed by atoms with Crippen molar-refractivity contribution in [3.63, 3.8) is 0 Å². The fourth-order valence-electron chi connectivity index (χ4n) is 2.67. The molecule has 21 heavy (non-hydrogen) atoms. The standard InChI is InChI=1S/C17H20FNS2/c1-2-7-19-17(12-4-3-5-14(18)9-12)16-10-13-11-20-8-6-15(13)21-16/h3-5,9-10,17,19H,2,6-8,11H2,1H3. The van der Waals surface area contributed by atoms with E-state index in [2.05, 4.69) is 18.3 Å². The van der Waals surface area contributed by atoms with Crippen molar-refractivity contribution < 1.29 is 4.39 Å². The third kappa shape index (κ3) is 3.50. The minimum Gasteiger partial charge on any atom is -0.306 e. The van der Waals surface area contributed by atoms with Gasteiger partial charge in [0.25, 0.3) is 0 Å². The molecule has 2 heterocycles. The molecule has 1 unspecified atom stereocenters. The van der Waals surface area contributed by atoms with Crippen LogP contribution in [0.4, 0.5) is 4.39 Å². The summed E-state index contributed by atoms with van der Waals surface area (Å²) in [6.45, 7) is 3.10. The lowest BCUT2D eigenvalue weighted by molar-refractivity contribution is 0.591. The van der Waals surface area contributed by atoms with Gasteiger partial charge in [-0.05, 0) is 54.5 Å². The Morgan fingerprint density at radius 1 is 1.33 bits per heavy atom. The van der Waals surface area contributed by atoms with E-state index in [0.717, 1.165) is 24.3 Å². The third-order valence-corrected chi connectivity index (χ3v) is 6.02. The van der Waals surface area contributed by atoms with Gasteiger partial charge in [0.05, 0.1) is 6.04 Å². The van der Waals surface area contributed by atoms with Crippen LogP contribution >= 0.6 is 23.1 Å². The van der Waals surface area contributed by atoms with Crippen LogP contribution in [0.15, 0.2) is 30.3 Å². The Kier molecular flexibility index (Phi) is 4.99. The zero-order valence-electron chi connectivity index (χ0n) is 12.2. The Morgan fingerprint density at radius 2 is 2.24 bits per heavy atom. The Balaban J connectivity index is 1.93. The first kappa shape index (κ1) is 15.1. The van der Waals surface area contributed by atoms with E-state index in [1.54, 1.807) is 12.1 Å². The number of fused-ring (bicyclic) bond motifs is 1. The first-order valence-electron chi connectivity index (χ1n) is 7.46. The molecule has 3 rings (SSSR count). The van der Waals surface area contributed by atoms with Crippen LogP contribution in [0.1, 0.15) is 40.3 Å². The molecule has 1 nitrogen and oxygen atoms in total. The van der Waals surface area contributed by atoms with E-state index in [1.807, 2.05) is 29.2 Å². The van der Waals surface area contributed by atoms with Gasteiger partial charge < -0.3 is 5.32 Å². The lowest BCUT2D eigenvalue weighted by Gasteiger charge is -2.17. The Morgan fingerprint density at radius 3 is 3.00 bits per heavy atom. The summed E-state index contributed by atoms with van der Waals surface area (Å²) in [5, 5.41) is 3.58. The number of thiophene rings is 1. The summed E-state index contributed by atoms with van der Waals surface area (Å²) in [4.78, 5) is 2.84. The average Bonchev–Trinajstić information content (AvgIpc) is 2.91. The maximum absolute atomic E-state index is 13.6. The second kappa shape index (κ2) is 6.95. The number of hydrogen-bond donors (Lipinski definition) is 1. The predicted octanol–water partition coefficient (Wildman–Crippen LogP) is 4.77. The lowest BCUT2D eigenvalue weighted by Crippen LogP contribution is -2.22. The highest BCUT2D eigenvalue weighted by Gasteiger charge is 2.20. The van der Waals surface area contributed by atoms with E-state index >= 15 is 0 Å². The summed E-state index contributed by atoms with van der Waals surface area (Å²) < 4.78 is 13.6. The van der Waals surface area contributed by atoms with Gasteiger partial charge in [-0.15, -0.1) is 11.3 Å². The molecule has 0 aliphatic carbocycles. The lowest BCUT2D eigenvalue weighted by atomic mass is 10.0. The van der Waals surface area contributed by atoms with Crippen molar-refractivity contribution in [1.82, 2.24) is 5.32 Å². The molecule has 1 N–H and O–H groups in total. The van der Waals surface area contributed by atoms with Crippen LogP contribution in [0.25, 0.3) is 0 Å². The van der Waals surface area contributed by atoms with E-state index in [-0.39, 0.29) is 11.9 Å². The summed E-state index contributed by atoms with van der Waals surface area (Å²) in [6, 6.07) is 9.42. The van der Waals surface area contributed by atoms with Crippen LogP contribution in [-0.4, -0.2) is 12.3 Å². The van der Waals surface area contributed by atoms with Gasteiger partial charge in [0, 0.05) is 15.5 Å². The molecule has 2 aromatic rings. The van der Waals surface area contributed by atoms with E-state index in [4.69, 9.17) is 0 Å². The van der Waals surface area contributed by atoms with Gasteiger partial charge in [0.1, 0.15) is 5.82 Å². The number of thioether (sulfide) groups is 1. The zero-order chi connectivity index (χ0) is 14.7. The second-order valence-electron chi connectivity index (χ2n) is 5.34. The van der Waals surface area contributed by atoms with Crippen molar-refractivity contribution in [3.8, 4) is 0 Å². The summed E-state index contributed by atoms with van der Waals surface area (Å²) >= 11 is 3.90. The molecule has 1 aromatic carbocycles. The van der Waals surface area contributed by atoms with Crippen molar-refractivity contribution >= 4 is 23.1 Å². The molecule has 0 amide bonds. The second-order valence-corrected chi connectivity index (χ2v) is 7.62. The van der Waals surface area contributed by atoms with Crippen molar-refractivity contribution in [1.29, 1.82) is 0 Å². The number of benzene rings is 1. The number of aryl methyl sites for hydroxylation is 1. The highest BCUT2D eigenvalue weighted by atomic mass is 32.2. The fourth-order valence-corrected chi connectivity index (χ4v) is 5.15. The van der Waals surface area contributed by atoms with Crippen LogP contribution < -0.4 is 5.32 Å². The van der Waals surface area contributed by atoms with E-state index in [9.17, 15) is 4.39 Å². The average molecular weight is 321 g/mol. The molecule has 0 fully saturated rings. The fraction of sp³-hybridized carbons (Fsp3) is 0.412. The molecule has 0 radical (unpaired) electrons. The molecular formula is C17H20FNS2. The van der Waals surface area contributed by atoms with Crippen LogP contribution in [-0.2, 0) is 12.2 Å². The summed E-state index contributed by atoms with van der Waals surface area (Å²) in [5.41, 5.74) is 2.50. The van der Waals surface area contributed by atoms with Gasteiger partial charge in [-0.3, -0.25) is 0 Å². The minimum atomic E-state index is -0.160. The van der Waals surface area contributed by atoms with Crippen molar-refractivity contribution in [2.75, 3.05) is 12.3 Å². The van der Waals surface area contributed by atoms with Gasteiger partial charge in [-0.25, -0.2) is 4.39 Å². The van der Waals surface area contributed by atoms with Crippen LogP contribution in [0.2, 0.25) is 0 Å². The zero-order valence-corrected chi connectivity index (χ0v) is 13.8. The maximum atomic E-state index is 13.6. The third-order valence-electron chi connectivity index (χ3n) is 3.71. The normalized spacial score (nSPS) is 15.7. The van der Waals surface area contributed by atoms with E-state index < -0.39 is 0 Å². The molecule has 1 aliphatic rings. The van der Waals surface area contributed by atoms with Crippen molar-refractivity contribution in [3.05, 3.63) is 57.0 Å². The SMILES string of the molecule is CCCNC(c1cccc(F)c1)c1cc2c(s1)CCSC2. The number of nitrogens with one attached hydrogen (secondary N) is 1. The minimum absolute atomic E-state index is 0.112. The Bertz CT molecular complexity index is 585. The van der Waals surface area contributed by atoms with E-state index in [1.165, 1.54) is 33.6 Å². The van der Waals surface area contributed by atoms with Gasteiger partial charge in [-0.1, -0.05) is 19.1 Å². The predicted molar refractivity (Wildman–Crippen MR) is 90.7 cm³/mol. The molecule has 1 aromatic heterocycles. The maximum Gasteiger partial charge on any atom is 0.123 e. The number of hydrogen-bond acceptors (Lipinski definition) is 3. The topological polar surface area (TPSA) is 12.0 Å². The molecule has 0 bridgehead atoms. The molecule has 0 spiro atoms. The van der Waals surface area contributed by atoms with Crippen LogP contribution in [0.5, 0.6) is 0 Å². The molecule has 0 saturated carbocycles.